The molecule has 11 nitrogen and oxygen atoms in total. The molecule has 1 N–H and O–H groups in total. The van der Waals surface area contributed by atoms with Crippen LogP contribution in [0.4, 0.5) is 5.69 Å². The van der Waals surface area contributed by atoms with E-state index in [2.05, 4.69) is 15.7 Å². The number of tetrazole rings is 1. The minimum Gasteiger partial charge on any atom is -0.466 e. The van der Waals surface area contributed by atoms with Crippen molar-refractivity contribution in [2.75, 3.05) is 31.6 Å². The number of carbonyl (C=O) groups excluding carboxylic acids is 2. The Morgan fingerprint density at radius 3 is 2.45 bits per heavy atom. The molecule has 0 atom stereocenters. The van der Waals surface area contributed by atoms with Gasteiger partial charge in [0.05, 0.1) is 24.5 Å². The van der Waals surface area contributed by atoms with Gasteiger partial charge in [-0.25, -0.2) is 4.79 Å². The number of hydrogen-bond acceptors (Lipinski definition) is 7. The van der Waals surface area contributed by atoms with E-state index in [0.29, 0.717) is 54.8 Å². The van der Waals surface area contributed by atoms with Crippen LogP contribution in [0.5, 0.6) is 0 Å². The Morgan fingerprint density at radius 2 is 1.81 bits per heavy atom. The predicted octanol–water partition coefficient (Wildman–Crippen LogP) is 0.750. The van der Waals surface area contributed by atoms with E-state index in [9.17, 15) is 14.4 Å². The second-order valence-corrected chi connectivity index (χ2v) is 7.15. The number of anilines is 1. The number of aryl methyl sites for hydroxylation is 2. The van der Waals surface area contributed by atoms with Crippen molar-refractivity contribution in [1.82, 2.24) is 24.7 Å². The Hall–Kier alpha value is -3.73. The van der Waals surface area contributed by atoms with Crippen LogP contribution < -0.4 is 11.0 Å². The highest BCUT2D eigenvalue weighted by atomic mass is 16.5. The summed E-state index contributed by atoms with van der Waals surface area (Å²) in [6.45, 7) is 5.27. The standard InChI is InChI=1S/C20H22N6O5/c1-13-11-17(14(2)31-13)19(28)21-15-3-5-16(6-4-15)26-20(29)25(22-23-26)12-18(27)24-7-9-30-10-8-24/h3-6,11H,7-10,12H2,1-2H3,(H,21,28). The molecule has 4 rings (SSSR count). The van der Waals surface area contributed by atoms with Crippen molar-refractivity contribution in [3.8, 4) is 5.69 Å². The Morgan fingerprint density at radius 1 is 1.10 bits per heavy atom. The summed E-state index contributed by atoms with van der Waals surface area (Å²) in [4.78, 5) is 39.0. The number of rotatable bonds is 5. The lowest BCUT2D eigenvalue weighted by atomic mass is 10.2. The maximum absolute atomic E-state index is 12.6. The zero-order valence-corrected chi connectivity index (χ0v) is 17.2. The third kappa shape index (κ3) is 4.40. The van der Waals surface area contributed by atoms with Crippen molar-refractivity contribution in [3.05, 3.63) is 57.9 Å². The monoisotopic (exact) mass is 426 g/mol. The van der Waals surface area contributed by atoms with Gasteiger partial charge < -0.3 is 19.4 Å². The van der Waals surface area contributed by atoms with Gasteiger partial charge >= 0.3 is 5.69 Å². The van der Waals surface area contributed by atoms with Crippen LogP contribution in [-0.4, -0.2) is 62.8 Å². The fraction of sp³-hybridized carbons (Fsp3) is 0.350. The average molecular weight is 426 g/mol. The van der Waals surface area contributed by atoms with Crippen molar-refractivity contribution >= 4 is 17.5 Å². The van der Waals surface area contributed by atoms with Gasteiger partial charge in [-0.3, -0.25) is 9.59 Å². The molecule has 1 fully saturated rings. The van der Waals surface area contributed by atoms with E-state index >= 15 is 0 Å². The first-order chi connectivity index (χ1) is 14.9. The molecule has 0 saturated carbocycles. The predicted molar refractivity (Wildman–Crippen MR) is 109 cm³/mol. The molecular formula is C20H22N6O5. The van der Waals surface area contributed by atoms with Gasteiger partial charge in [0.15, 0.2) is 0 Å². The topological polar surface area (TPSA) is 124 Å². The molecule has 2 aromatic heterocycles. The molecule has 1 aliphatic heterocycles. The summed E-state index contributed by atoms with van der Waals surface area (Å²) in [7, 11) is 0. The number of morpholine rings is 1. The first-order valence-electron chi connectivity index (χ1n) is 9.79. The van der Waals surface area contributed by atoms with Crippen LogP contribution in [0.15, 0.2) is 39.5 Å². The highest BCUT2D eigenvalue weighted by molar-refractivity contribution is 6.05. The summed E-state index contributed by atoms with van der Waals surface area (Å²) in [5.41, 5.74) is 0.951. The van der Waals surface area contributed by atoms with Crippen LogP contribution in [0.25, 0.3) is 5.69 Å². The normalized spacial score (nSPS) is 13.9. The van der Waals surface area contributed by atoms with Gasteiger partial charge in [0, 0.05) is 18.8 Å². The van der Waals surface area contributed by atoms with Crippen LogP contribution in [0, 0.1) is 13.8 Å². The fourth-order valence-electron chi connectivity index (χ4n) is 3.32. The molecule has 11 heteroatoms. The van der Waals surface area contributed by atoms with Crippen LogP contribution in [-0.2, 0) is 16.1 Å². The van der Waals surface area contributed by atoms with Gasteiger partial charge in [-0.1, -0.05) is 0 Å². The van der Waals surface area contributed by atoms with Gasteiger partial charge in [0.1, 0.15) is 18.1 Å². The van der Waals surface area contributed by atoms with Gasteiger partial charge in [-0.05, 0) is 54.6 Å². The molecule has 31 heavy (non-hydrogen) atoms. The summed E-state index contributed by atoms with van der Waals surface area (Å²) in [6, 6.07) is 8.25. The molecule has 1 saturated heterocycles. The van der Waals surface area contributed by atoms with E-state index in [1.165, 1.54) is 0 Å². The molecule has 2 amide bonds. The summed E-state index contributed by atoms with van der Waals surface area (Å²) in [5, 5.41) is 10.5. The average Bonchev–Trinajstić information content (AvgIpc) is 3.30. The van der Waals surface area contributed by atoms with Gasteiger partial charge in [0.2, 0.25) is 5.91 Å². The molecule has 0 unspecified atom stereocenters. The SMILES string of the molecule is Cc1cc(C(=O)Nc2ccc(-n3nnn(CC(=O)N4CCOCC4)c3=O)cc2)c(C)o1. The lowest BCUT2D eigenvalue weighted by Crippen LogP contribution is -2.43. The summed E-state index contributed by atoms with van der Waals surface area (Å²) >= 11 is 0. The van der Waals surface area contributed by atoms with E-state index in [4.69, 9.17) is 9.15 Å². The van der Waals surface area contributed by atoms with Gasteiger partial charge in [-0.15, -0.1) is 0 Å². The highest BCUT2D eigenvalue weighted by Gasteiger charge is 2.20. The van der Waals surface area contributed by atoms with E-state index in [0.717, 1.165) is 9.36 Å². The number of ether oxygens (including phenoxy) is 1. The molecule has 3 aromatic rings. The highest BCUT2D eigenvalue weighted by Crippen LogP contribution is 2.17. The van der Waals surface area contributed by atoms with Crippen LogP contribution in [0.2, 0.25) is 0 Å². The van der Waals surface area contributed by atoms with E-state index in [1.807, 2.05) is 0 Å². The number of nitrogens with one attached hydrogen (secondary N) is 1. The molecule has 0 spiro atoms. The number of hydrogen-bond donors (Lipinski definition) is 1. The van der Waals surface area contributed by atoms with E-state index in [1.54, 1.807) is 49.1 Å². The second-order valence-electron chi connectivity index (χ2n) is 7.15. The Balaban J connectivity index is 1.44. The second kappa shape index (κ2) is 8.56. The number of carbonyl (C=O) groups is 2. The lowest BCUT2D eigenvalue weighted by Gasteiger charge is -2.26. The molecule has 162 valence electrons. The molecule has 0 aliphatic carbocycles. The third-order valence-electron chi connectivity index (χ3n) is 4.94. The zero-order chi connectivity index (χ0) is 22.0. The summed E-state index contributed by atoms with van der Waals surface area (Å²) in [5.74, 6) is 0.709. The first-order valence-corrected chi connectivity index (χ1v) is 9.79. The third-order valence-corrected chi connectivity index (χ3v) is 4.94. The fourth-order valence-corrected chi connectivity index (χ4v) is 3.32. The number of furan rings is 1. The van der Waals surface area contributed by atoms with E-state index in [-0.39, 0.29) is 18.4 Å². The Labute approximate surface area is 177 Å². The van der Waals surface area contributed by atoms with Gasteiger partial charge in [0.25, 0.3) is 5.91 Å². The quantitative estimate of drug-likeness (QED) is 0.638. The Kier molecular flexibility index (Phi) is 5.67. The molecule has 0 bridgehead atoms. The zero-order valence-electron chi connectivity index (χ0n) is 17.2. The number of benzene rings is 1. The van der Waals surface area contributed by atoms with Crippen LogP contribution >= 0.6 is 0 Å². The molecular weight excluding hydrogens is 404 g/mol. The largest absolute Gasteiger partial charge is 0.466 e. The van der Waals surface area contributed by atoms with E-state index < -0.39 is 5.69 Å². The molecule has 1 aliphatic rings. The van der Waals surface area contributed by atoms with Crippen molar-refractivity contribution in [3.63, 3.8) is 0 Å². The lowest BCUT2D eigenvalue weighted by molar-refractivity contribution is -0.136. The van der Waals surface area contributed by atoms with Crippen molar-refractivity contribution in [1.29, 1.82) is 0 Å². The molecule has 0 radical (unpaired) electrons. The maximum atomic E-state index is 12.6. The summed E-state index contributed by atoms with van der Waals surface area (Å²) in [6.07, 6.45) is 0. The van der Waals surface area contributed by atoms with Crippen LogP contribution in [0.3, 0.4) is 0 Å². The van der Waals surface area contributed by atoms with Crippen molar-refractivity contribution in [2.24, 2.45) is 0 Å². The molecule has 1 aromatic carbocycles. The number of aromatic nitrogens is 4. The maximum Gasteiger partial charge on any atom is 0.368 e. The minimum atomic E-state index is -0.525. The van der Waals surface area contributed by atoms with Crippen LogP contribution in [0.1, 0.15) is 21.9 Å². The van der Waals surface area contributed by atoms with Crippen molar-refractivity contribution < 1.29 is 18.7 Å². The van der Waals surface area contributed by atoms with Gasteiger partial charge in [-0.2, -0.15) is 9.36 Å². The number of nitrogens with zero attached hydrogens (tertiary/aromatic N) is 5. The van der Waals surface area contributed by atoms with Crippen molar-refractivity contribution in [2.45, 2.75) is 20.4 Å². The molecule has 3 heterocycles. The summed E-state index contributed by atoms with van der Waals surface area (Å²) < 4.78 is 12.7. The number of amides is 2. The minimum absolute atomic E-state index is 0.184. The Bertz CT molecular complexity index is 1150. The first kappa shape index (κ1) is 20.5. The smallest absolute Gasteiger partial charge is 0.368 e.